The normalized spacial score (nSPS) is 18.8. The van der Waals surface area contributed by atoms with E-state index in [1.165, 1.54) is 19.3 Å². The summed E-state index contributed by atoms with van der Waals surface area (Å²) in [5.41, 5.74) is 0.787. The summed E-state index contributed by atoms with van der Waals surface area (Å²) >= 11 is 0. The second-order valence-corrected chi connectivity index (χ2v) is 10.4. The van der Waals surface area contributed by atoms with Gasteiger partial charge in [-0.05, 0) is 75.7 Å². The van der Waals surface area contributed by atoms with Crippen molar-refractivity contribution < 1.29 is 19.4 Å². The van der Waals surface area contributed by atoms with E-state index in [1.807, 2.05) is 24.3 Å². The first-order valence-electron chi connectivity index (χ1n) is 14.0. The molecule has 1 heterocycles. The Kier molecular flexibility index (Phi) is 12.1. The summed E-state index contributed by atoms with van der Waals surface area (Å²) in [6.07, 6.45) is 11.8. The number of nitrogens with one attached hydrogen (secondary N) is 1. The predicted molar refractivity (Wildman–Crippen MR) is 139 cm³/mol. The molecule has 2 N–H and O–H groups in total. The van der Waals surface area contributed by atoms with Crippen LogP contribution in [0.1, 0.15) is 102 Å². The molecule has 196 valence electrons. The molecule has 0 radical (unpaired) electrons. The van der Waals surface area contributed by atoms with Gasteiger partial charge in [-0.3, -0.25) is 9.59 Å². The topological polar surface area (TPSA) is 78.9 Å². The maximum atomic E-state index is 12.8. The van der Waals surface area contributed by atoms with E-state index >= 15 is 0 Å². The number of aliphatic hydroxyl groups is 1. The highest BCUT2D eigenvalue weighted by molar-refractivity contribution is 5.81. The minimum Gasteiger partial charge on any atom is -0.494 e. The SMILES string of the molecule is CCCCOc1ccc([C@@H](O)[C@@H](CN2CCCC2)NC(=O)CCCCC(=O)C2CCCCC2)cc1. The first-order valence-corrected chi connectivity index (χ1v) is 14.0. The quantitative estimate of drug-likeness (QED) is 0.334. The fraction of sp³-hybridized carbons (Fsp3) is 0.724. The molecule has 0 aromatic heterocycles. The molecule has 3 rings (SSSR count). The Morgan fingerprint density at radius 2 is 1.69 bits per heavy atom. The molecule has 1 saturated carbocycles. The van der Waals surface area contributed by atoms with Gasteiger partial charge >= 0.3 is 0 Å². The first kappa shape index (κ1) is 27.7. The number of Topliss-reactive ketones (excluding diaryl/α,β-unsaturated/α-hetero) is 1. The lowest BCUT2D eigenvalue weighted by molar-refractivity contribution is -0.125. The largest absolute Gasteiger partial charge is 0.494 e. The smallest absolute Gasteiger partial charge is 0.220 e. The van der Waals surface area contributed by atoms with Gasteiger partial charge in [-0.2, -0.15) is 0 Å². The number of hydrogen-bond donors (Lipinski definition) is 2. The van der Waals surface area contributed by atoms with Crippen LogP contribution in [0, 0.1) is 5.92 Å². The third-order valence-electron chi connectivity index (χ3n) is 7.51. The fourth-order valence-corrected chi connectivity index (χ4v) is 5.29. The van der Waals surface area contributed by atoms with Crippen molar-refractivity contribution in [3.8, 4) is 5.75 Å². The number of ether oxygens (including phenoxy) is 1. The van der Waals surface area contributed by atoms with Gasteiger partial charge < -0.3 is 20.1 Å². The highest BCUT2D eigenvalue weighted by Crippen LogP contribution is 2.26. The molecule has 0 bridgehead atoms. The first-order chi connectivity index (χ1) is 17.1. The van der Waals surface area contributed by atoms with E-state index in [0.29, 0.717) is 38.2 Å². The number of nitrogens with zero attached hydrogens (tertiary/aromatic N) is 1. The molecule has 1 aliphatic heterocycles. The summed E-state index contributed by atoms with van der Waals surface area (Å²) in [6, 6.07) is 7.22. The van der Waals surface area contributed by atoms with Gasteiger partial charge in [0.25, 0.3) is 0 Å². The van der Waals surface area contributed by atoms with Crippen LogP contribution in [-0.2, 0) is 9.59 Å². The van der Waals surface area contributed by atoms with Gasteiger partial charge in [-0.15, -0.1) is 0 Å². The molecule has 2 aliphatic rings. The lowest BCUT2D eigenvalue weighted by atomic mass is 9.84. The zero-order chi connectivity index (χ0) is 24.9. The Morgan fingerprint density at radius 3 is 2.37 bits per heavy atom. The van der Waals surface area contributed by atoms with Crippen molar-refractivity contribution in [3.05, 3.63) is 29.8 Å². The number of unbranched alkanes of at least 4 members (excludes halogenated alkanes) is 2. The van der Waals surface area contributed by atoms with E-state index in [1.54, 1.807) is 0 Å². The maximum absolute atomic E-state index is 12.8. The molecule has 2 fully saturated rings. The van der Waals surface area contributed by atoms with E-state index in [0.717, 1.165) is 69.3 Å². The lowest BCUT2D eigenvalue weighted by Gasteiger charge is -2.29. The number of hydrogen-bond acceptors (Lipinski definition) is 5. The number of rotatable bonds is 15. The Bertz CT molecular complexity index is 754. The highest BCUT2D eigenvalue weighted by atomic mass is 16.5. The predicted octanol–water partition coefficient (Wildman–Crippen LogP) is 5.19. The average molecular weight is 487 g/mol. The van der Waals surface area contributed by atoms with Crippen LogP contribution < -0.4 is 10.1 Å². The van der Waals surface area contributed by atoms with Gasteiger partial charge in [0.15, 0.2) is 0 Å². The van der Waals surface area contributed by atoms with Crippen molar-refractivity contribution in [3.63, 3.8) is 0 Å². The van der Waals surface area contributed by atoms with Crippen LogP contribution in [0.4, 0.5) is 0 Å². The van der Waals surface area contributed by atoms with Gasteiger partial charge in [0.05, 0.1) is 12.6 Å². The minimum absolute atomic E-state index is 0.0436. The van der Waals surface area contributed by atoms with Crippen LogP contribution in [-0.4, -0.2) is 54.0 Å². The van der Waals surface area contributed by atoms with E-state index in [2.05, 4.69) is 17.1 Å². The molecule has 1 aromatic rings. The lowest BCUT2D eigenvalue weighted by Crippen LogP contribution is -2.46. The third kappa shape index (κ3) is 9.57. The van der Waals surface area contributed by atoms with Gasteiger partial charge in [0, 0.05) is 25.3 Å². The molecule has 0 unspecified atom stereocenters. The van der Waals surface area contributed by atoms with Gasteiger partial charge in [-0.25, -0.2) is 0 Å². The molecular weight excluding hydrogens is 440 g/mol. The maximum Gasteiger partial charge on any atom is 0.220 e. The Hall–Kier alpha value is -1.92. The number of ketones is 1. The number of amides is 1. The number of carbonyl (C=O) groups excluding carboxylic acids is 2. The molecule has 1 amide bonds. The van der Waals surface area contributed by atoms with E-state index in [4.69, 9.17) is 4.74 Å². The summed E-state index contributed by atoms with van der Waals surface area (Å²) in [6.45, 7) is 5.48. The standard InChI is InChI=1S/C29H46N2O4/c1-2-3-21-35-25-17-15-24(16-18-25)29(34)26(22-31-19-9-10-20-31)30-28(33)14-8-7-13-27(32)23-11-5-4-6-12-23/h15-18,23,26,29,34H,2-14,19-22H2,1H3,(H,30,33)/t26-,29-/m1/s1. The van der Waals surface area contributed by atoms with Crippen LogP contribution in [0.2, 0.25) is 0 Å². The van der Waals surface area contributed by atoms with Crippen molar-refractivity contribution in [2.24, 2.45) is 5.92 Å². The van der Waals surface area contributed by atoms with Gasteiger partial charge in [0.2, 0.25) is 5.91 Å². The summed E-state index contributed by atoms with van der Waals surface area (Å²) in [5, 5.41) is 14.3. The molecule has 35 heavy (non-hydrogen) atoms. The molecule has 2 atom stereocenters. The number of likely N-dealkylation sites (tertiary alicyclic amines) is 1. The summed E-state index contributed by atoms with van der Waals surface area (Å²) in [7, 11) is 0. The van der Waals surface area contributed by atoms with E-state index in [-0.39, 0.29) is 17.9 Å². The summed E-state index contributed by atoms with van der Waals surface area (Å²) in [5.74, 6) is 1.39. The van der Waals surface area contributed by atoms with Crippen LogP contribution in [0.5, 0.6) is 5.75 Å². The second-order valence-electron chi connectivity index (χ2n) is 10.4. The summed E-state index contributed by atoms with van der Waals surface area (Å²) < 4.78 is 5.74. The fourth-order valence-electron chi connectivity index (χ4n) is 5.29. The summed E-state index contributed by atoms with van der Waals surface area (Å²) in [4.78, 5) is 27.5. The minimum atomic E-state index is -0.780. The van der Waals surface area contributed by atoms with Crippen LogP contribution in [0.15, 0.2) is 24.3 Å². The zero-order valence-electron chi connectivity index (χ0n) is 21.7. The van der Waals surface area contributed by atoms with Crippen molar-refractivity contribution in [1.82, 2.24) is 10.2 Å². The Labute approximate surface area is 211 Å². The average Bonchev–Trinajstić information content (AvgIpc) is 3.40. The number of benzene rings is 1. The van der Waals surface area contributed by atoms with Gasteiger partial charge in [-0.1, -0.05) is 44.7 Å². The molecule has 0 spiro atoms. The third-order valence-corrected chi connectivity index (χ3v) is 7.51. The Balaban J connectivity index is 1.48. The molecule has 6 heteroatoms. The van der Waals surface area contributed by atoms with E-state index in [9.17, 15) is 14.7 Å². The molecule has 1 aliphatic carbocycles. The van der Waals surface area contributed by atoms with Crippen molar-refractivity contribution in [1.29, 1.82) is 0 Å². The number of aliphatic hydroxyl groups excluding tert-OH is 1. The monoisotopic (exact) mass is 486 g/mol. The van der Waals surface area contributed by atoms with Crippen molar-refractivity contribution in [2.75, 3.05) is 26.2 Å². The molecule has 1 aromatic carbocycles. The van der Waals surface area contributed by atoms with Crippen molar-refractivity contribution in [2.45, 2.75) is 103 Å². The number of carbonyl (C=O) groups is 2. The highest BCUT2D eigenvalue weighted by Gasteiger charge is 2.27. The molecule has 1 saturated heterocycles. The molecule has 6 nitrogen and oxygen atoms in total. The van der Waals surface area contributed by atoms with E-state index < -0.39 is 6.10 Å². The van der Waals surface area contributed by atoms with Crippen LogP contribution >= 0.6 is 0 Å². The van der Waals surface area contributed by atoms with Gasteiger partial charge in [0.1, 0.15) is 17.6 Å². The molecular formula is C29H46N2O4. The second kappa shape index (κ2) is 15.2. The van der Waals surface area contributed by atoms with Crippen molar-refractivity contribution >= 4 is 11.7 Å². The Morgan fingerprint density at radius 1 is 1.00 bits per heavy atom. The van der Waals surface area contributed by atoms with Crippen LogP contribution in [0.25, 0.3) is 0 Å². The zero-order valence-corrected chi connectivity index (χ0v) is 21.7. The van der Waals surface area contributed by atoms with Crippen LogP contribution in [0.3, 0.4) is 0 Å².